The van der Waals surface area contributed by atoms with E-state index in [9.17, 15) is 9.59 Å². The van der Waals surface area contributed by atoms with Crippen LogP contribution >= 0.6 is 0 Å². The van der Waals surface area contributed by atoms with Crippen LogP contribution in [-0.4, -0.2) is 38.1 Å². The zero-order valence-corrected chi connectivity index (χ0v) is 26.4. The van der Waals surface area contributed by atoms with E-state index < -0.39 is 12.0 Å². The third-order valence-corrected chi connectivity index (χ3v) is 7.92. The number of nitrogens with zero attached hydrogens (tertiary/aromatic N) is 1. The van der Waals surface area contributed by atoms with Crippen molar-refractivity contribution in [2.45, 2.75) is 32.4 Å². The first kappa shape index (κ1) is 32.0. The van der Waals surface area contributed by atoms with Gasteiger partial charge < -0.3 is 19.7 Å². The molecule has 6 nitrogen and oxygen atoms in total. The van der Waals surface area contributed by atoms with Crippen molar-refractivity contribution in [3.8, 4) is 5.75 Å². The number of aryl methyl sites for hydroxylation is 1. The lowest BCUT2D eigenvalue weighted by Gasteiger charge is -2.26. The van der Waals surface area contributed by atoms with Gasteiger partial charge in [-0.05, 0) is 59.5 Å². The summed E-state index contributed by atoms with van der Waals surface area (Å²) in [6.45, 7) is 4.20. The quantitative estimate of drug-likeness (QED) is 0.0963. The van der Waals surface area contributed by atoms with Crippen LogP contribution in [0, 0.1) is 0 Å². The Kier molecular flexibility index (Phi) is 11.2. The first-order chi connectivity index (χ1) is 22.5. The van der Waals surface area contributed by atoms with Crippen molar-refractivity contribution in [2.75, 3.05) is 30.5 Å². The van der Waals surface area contributed by atoms with Gasteiger partial charge in [-0.1, -0.05) is 104 Å². The van der Waals surface area contributed by atoms with Crippen molar-refractivity contribution < 1.29 is 19.1 Å². The molecule has 0 fully saturated rings. The van der Waals surface area contributed by atoms with Gasteiger partial charge in [-0.2, -0.15) is 0 Å². The number of nitrogens with one attached hydrogen (secondary N) is 1. The molecular formula is C40H40N2O4. The van der Waals surface area contributed by atoms with Crippen molar-refractivity contribution in [1.29, 1.82) is 0 Å². The van der Waals surface area contributed by atoms with Crippen molar-refractivity contribution in [3.63, 3.8) is 0 Å². The van der Waals surface area contributed by atoms with Gasteiger partial charge in [-0.25, -0.2) is 4.79 Å². The number of para-hydroxylation sites is 1. The molecule has 6 heteroatoms. The number of ether oxygens (including phenoxy) is 2. The molecule has 0 aliphatic carbocycles. The van der Waals surface area contributed by atoms with Crippen molar-refractivity contribution in [1.82, 2.24) is 0 Å². The van der Waals surface area contributed by atoms with Gasteiger partial charge in [0.25, 0.3) is 0 Å². The van der Waals surface area contributed by atoms with Gasteiger partial charge >= 0.3 is 5.97 Å². The van der Waals surface area contributed by atoms with Gasteiger partial charge in [-0.3, -0.25) is 4.79 Å². The van der Waals surface area contributed by atoms with E-state index in [2.05, 4.69) is 65.7 Å². The number of benzene rings is 5. The van der Waals surface area contributed by atoms with Crippen LogP contribution in [0.25, 0.3) is 0 Å². The summed E-state index contributed by atoms with van der Waals surface area (Å²) in [5.74, 6) is 0.231. The van der Waals surface area contributed by atoms with E-state index in [1.165, 1.54) is 23.9 Å². The molecule has 0 saturated carbocycles. The average molecular weight is 613 g/mol. The number of carbonyl (C=O) groups excluding carboxylic acids is 2. The van der Waals surface area contributed by atoms with Gasteiger partial charge in [0.2, 0.25) is 0 Å². The lowest BCUT2D eigenvalue weighted by atomic mass is 10.00. The normalized spacial score (nSPS) is 11.3. The third-order valence-electron chi connectivity index (χ3n) is 7.92. The van der Waals surface area contributed by atoms with Crippen LogP contribution in [0.2, 0.25) is 0 Å². The predicted molar refractivity (Wildman–Crippen MR) is 185 cm³/mol. The highest BCUT2D eigenvalue weighted by atomic mass is 16.5. The molecule has 5 aromatic carbocycles. The smallest absolute Gasteiger partial charge is 0.328 e. The summed E-state index contributed by atoms with van der Waals surface area (Å²) < 4.78 is 11.3. The minimum absolute atomic E-state index is 0.116. The number of ketones is 1. The molecular weight excluding hydrogens is 572 g/mol. The molecule has 1 unspecified atom stereocenters. The standard InChI is InChI=1S/C40H40N2O4/c1-3-30-15-12-18-34(27-30)42(29-32-13-6-4-7-14-32)25-26-46-35-23-21-31(22-24-35)28-38(40(44)45-2)41-37-20-11-10-19-36(37)39(43)33-16-8-5-9-17-33/h4-24,27,38,41H,3,25-26,28-29H2,1-2H3. The second-order valence-electron chi connectivity index (χ2n) is 11.1. The van der Waals surface area contributed by atoms with E-state index in [0.717, 1.165) is 30.8 Å². The number of rotatable bonds is 15. The summed E-state index contributed by atoms with van der Waals surface area (Å²) >= 11 is 0. The fraction of sp³-hybridized carbons (Fsp3) is 0.200. The Bertz CT molecular complexity index is 1710. The first-order valence-electron chi connectivity index (χ1n) is 15.7. The van der Waals surface area contributed by atoms with Crippen LogP contribution < -0.4 is 15.0 Å². The molecule has 0 amide bonds. The molecule has 0 radical (unpaired) electrons. The molecule has 46 heavy (non-hydrogen) atoms. The molecule has 5 rings (SSSR count). The summed E-state index contributed by atoms with van der Waals surface area (Å²) in [4.78, 5) is 28.4. The number of hydrogen-bond acceptors (Lipinski definition) is 6. The monoisotopic (exact) mass is 612 g/mol. The Hall–Kier alpha value is -5.36. The van der Waals surface area contributed by atoms with Crippen molar-refractivity contribution in [2.24, 2.45) is 0 Å². The van der Waals surface area contributed by atoms with Crippen LogP contribution in [-0.2, 0) is 28.9 Å². The molecule has 234 valence electrons. The fourth-order valence-electron chi connectivity index (χ4n) is 5.38. The summed E-state index contributed by atoms with van der Waals surface area (Å²) in [5, 5.41) is 3.27. The molecule has 0 aliphatic rings. The highest BCUT2D eigenvalue weighted by Crippen LogP contribution is 2.23. The molecule has 0 aromatic heterocycles. The minimum Gasteiger partial charge on any atom is -0.492 e. The molecule has 0 bridgehead atoms. The Morgan fingerprint density at radius 2 is 1.41 bits per heavy atom. The molecule has 0 heterocycles. The van der Waals surface area contributed by atoms with Crippen molar-refractivity contribution >= 4 is 23.1 Å². The fourth-order valence-corrected chi connectivity index (χ4v) is 5.38. The summed E-state index contributed by atoms with van der Waals surface area (Å²) in [6.07, 6.45) is 1.36. The highest BCUT2D eigenvalue weighted by Gasteiger charge is 2.22. The number of esters is 1. The largest absolute Gasteiger partial charge is 0.492 e. The molecule has 1 atom stereocenters. The number of anilines is 2. The first-order valence-corrected chi connectivity index (χ1v) is 15.7. The SMILES string of the molecule is CCc1cccc(N(CCOc2ccc(CC(Nc3ccccc3C(=O)c3ccccc3)C(=O)OC)cc2)Cc2ccccc2)c1. The third kappa shape index (κ3) is 8.63. The molecule has 0 saturated heterocycles. The predicted octanol–water partition coefficient (Wildman–Crippen LogP) is 7.76. The van der Waals surface area contributed by atoms with Crippen LogP contribution in [0.15, 0.2) is 133 Å². The van der Waals surface area contributed by atoms with Gasteiger partial charge in [0, 0.05) is 35.5 Å². The molecule has 0 spiro atoms. The van der Waals surface area contributed by atoms with Gasteiger partial charge in [-0.15, -0.1) is 0 Å². The Labute approximate surface area is 271 Å². The summed E-state index contributed by atoms with van der Waals surface area (Å²) in [6, 6.07) is 42.5. The van der Waals surface area contributed by atoms with E-state index in [1.807, 2.05) is 66.7 Å². The zero-order chi connectivity index (χ0) is 32.1. The zero-order valence-electron chi connectivity index (χ0n) is 26.4. The van der Waals surface area contributed by atoms with E-state index in [0.29, 0.717) is 29.8 Å². The topological polar surface area (TPSA) is 67.9 Å². The van der Waals surface area contributed by atoms with Gasteiger partial charge in [0.05, 0.1) is 13.7 Å². The maximum absolute atomic E-state index is 13.2. The Morgan fingerprint density at radius 3 is 2.13 bits per heavy atom. The Balaban J connectivity index is 1.23. The maximum atomic E-state index is 13.2. The second-order valence-corrected chi connectivity index (χ2v) is 11.1. The van der Waals surface area contributed by atoms with E-state index in [4.69, 9.17) is 9.47 Å². The van der Waals surface area contributed by atoms with Gasteiger partial charge in [0.15, 0.2) is 5.78 Å². The summed E-state index contributed by atoms with van der Waals surface area (Å²) in [5.41, 5.74) is 6.32. The molecule has 5 aromatic rings. The average Bonchev–Trinajstić information content (AvgIpc) is 3.12. The van der Waals surface area contributed by atoms with E-state index in [-0.39, 0.29) is 5.78 Å². The molecule has 0 aliphatic heterocycles. The van der Waals surface area contributed by atoms with Crippen LogP contribution in [0.4, 0.5) is 11.4 Å². The molecule has 1 N–H and O–H groups in total. The Morgan fingerprint density at radius 1 is 0.739 bits per heavy atom. The van der Waals surface area contributed by atoms with Crippen molar-refractivity contribution in [3.05, 3.63) is 161 Å². The maximum Gasteiger partial charge on any atom is 0.328 e. The lowest BCUT2D eigenvalue weighted by Crippen LogP contribution is -2.33. The van der Waals surface area contributed by atoms with Crippen LogP contribution in [0.1, 0.15) is 39.5 Å². The number of hydrogen-bond donors (Lipinski definition) is 1. The van der Waals surface area contributed by atoms with E-state index in [1.54, 1.807) is 18.2 Å². The van der Waals surface area contributed by atoms with Crippen LogP contribution in [0.5, 0.6) is 5.75 Å². The minimum atomic E-state index is -0.688. The number of methoxy groups -OCH3 is 1. The summed E-state index contributed by atoms with van der Waals surface area (Å²) in [7, 11) is 1.37. The van der Waals surface area contributed by atoms with E-state index >= 15 is 0 Å². The lowest BCUT2D eigenvalue weighted by molar-refractivity contribution is -0.141. The number of carbonyl (C=O) groups is 2. The van der Waals surface area contributed by atoms with Crippen LogP contribution in [0.3, 0.4) is 0 Å². The highest BCUT2D eigenvalue weighted by molar-refractivity contribution is 6.12. The van der Waals surface area contributed by atoms with Gasteiger partial charge in [0.1, 0.15) is 18.4 Å². The second kappa shape index (κ2) is 16.1.